The van der Waals surface area contributed by atoms with Crippen LogP contribution in [0.15, 0.2) is 35.3 Å². The van der Waals surface area contributed by atoms with Gasteiger partial charge in [-0.2, -0.15) is 0 Å². The van der Waals surface area contributed by atoms with E-state index in [-0.39, 0.29) is 23.1 Å². The van der Waals surface area contributed by atoms with Gasteiger partial charge in [0.2, 0.25) is 0 Å². The minimum absolute atomic E-state index is 0.0290. The molecular weight excluding hydrogens is 344 g/mol. The molecular formula is C20H24N4O3. The van der Waals surface area contributed by atoms with Crippen LogP contribution in [0.25, 0.3) is 0 Å². The number of rotatable bonds is 4. The quantitative estimate of drug-likeness (QED) is 0.893. The Morgan fingerprint density at radius 1 is 1.26 bits per heavy atom. The van der Waals surface area contributed by atoms with E-state index < -0.39 is 0 Å². The van der Waals surface area contributed by atoms with Gasteiger partial charge >= 0.3 is 0 Å². The van der Waals surface area contributed by atoms with Gasteiger partial charge in [-0.3, -0.25) is 9.59 Å². The summed E-state index contributed by atoms with van der Waals surface area (Å²) in [5.74, 6) is 1.62. The maximum Gasteiger partial charge on any atom is 0.263 e. The van der Waals surface area contributed by atoms with Crippen molar-refractivity contribution in [3.05, 3.63) is 52.2 Å². The lowest BCUT2D eigenvalue weighted by Gasteiger charge is -2.41. The van der Waals surface area contributed by atoms with Crippen molar-refractivity contribution in [3.63, 3.8) is 0 Å². The van der Waals surface area contributed by atoms with E-state index in [9.17, 15) is 9.59 Å². The number of aromatic amines is 1. The maximum absolute atomic E-state index is 12.9. The molecule has 27 heavy (non-hydrogen) atoms. The number of para-hydroxylation sites is 2. The fourth-order valence-electron chi connectivity index (χ4n) is 3.65. The Balaban J connectivity index is 1.50. The number of benzene rings is 1. The summed E-state index contributed by atoms with van der Waals surface area (Å²) in [4.78, 5) is 36.3. The van der Waals surface area contributed by atoms with Crippen molar-refractivity contribution in [2.45, 2.75) is 31.7 Å². The molecule has 1 N–H and O–H groups in total. The molecule has 1 aliphatic heterocycles. The van der Waals surface area contributed by atoms with Crippen LogP contribution < -0.4 is 15.2 Å². The number of carbonyl (C=O) groups excluding carboxylic acids is 1. The fourth-order valence-corrected chi connectivity index (χ4v) is 3.65. The highest BCUT2D eigenvalue weighted by atomic mass is 16.5. The molecule has 2 aliphatic rings. The van der Waals surface area contributed by atoms with Crippen LogP contribution in [0.4, 0.5) is 5.69 Å². The van der Waals surface area contributed by atoms with Crippen LogP contribution in [0.5, 0.6) is 5.75 Å². The highest BCUT2D eigenvalue weighted by molar-refractivity contribution is 5.94. The minimum atomic E-state index is -0.337. The summed E-state index contributed by atoms with van der Waals surface area (Å²) < 4.78 is 5.45. The molecule has 2 heterocycles. The summed E-state index contributed by atoms with van der Waals surface area (Å²) in [6.07, 6.45) is 3.55. The van der Waals surface area contributed by atoms with Crippen LogP contribution in [0, 0.1) is 0 Å². The number of nitrogens with one attached hydrogen (secondary N) is 1. The van der Waals surface area contributed by atoms with Crippen molar-refractivity contribution in [3.8, 4) is 5.75 Å². The molecule has 1 atom stereocenters. The fraction of sp³-hybridized carbons (Fsp3) is 0.450. The van der Waals surface area contributed by atoms with Gasteiger partial charge in [0.05, 0.1) is 12.8 Å². The second-order valence-electron chi connectivity index (χ2n) is 7.25. The van der Waals surface area contributed by atoms with Gasteiger partial charge in [0.25, 0.3) is 11.5 Å². The van der Waals surface area contributed by atoms with E-state index in [1.54, 1.807) is 12.0 Å². The Hall–Kier alpha value is -2.83. The number of hydrogen-bond acceptors (Lipinski definition) is 5. The monoisotopic (exact) mass is 368 g/mol. The number of methoxy groups -OCH3 is 1. The molecule has 2 aromatic rings. The molecule has 142 valence electrons. The van der Waals surface area contributed by atoms with Gasteiger partial charge in [-0.1, -0.05) is 12.1 Å². The predicted octanol–water partition coefficient (Wildman–Crippen LogP) is 2.01. The number of anilines is 1. The molecule has 1 saturated heterocycles. The van der Waals surface area contributed by atoms with Crippen LogP contribution in [0.3, 0.4) is 0 Å². The van der Waals surface area contributed by atoms with E-state index in [4.69, 9.17) is 4.74 Å². The van der Waals surface area contributed by atoms with Crippen molar-refractivity contribution in [2.24, 2.45) is 0 Å². The average molecular weight is 368 g/mol. The molecule has 0 spiro atoms. The number of nitrogens with zero attached hydrogens (tertiary/aromatic N) is 3. The highest BCUT2D eigenvalue weighted by Crippen LogP contribution is 2.37. The second kappa shape index (κ2) is 7.06. The van der Waals surface area contributed by atoms with Gasteiger partial charge in [0, 0.05) is 37.8 Å². The molecule has 1 aliphatic carbocycles. The Morgan fingerprint density at radius 2 is 2.04 bits per heavy atom. The van der Waals surface area contributed by atoms with Gasteiger partial charge in [-0.25, -0.2) is 4.98 Å². The smallest absolute Gasteiger partial charge is 0.263 e. The number of aromatic nitrogens is 2. The Morgan fingerprint density at radius 3 is 2.70 bits per heavy atom. The second-order valence-corrected chi connectivity index (χ2v) is 7.25. The molecule has 4 rings (SSSR count). The van der Waals surface area contributed by atoms with Crippen molar-refractivity contribution >= 4 is 11.6 Å². The third kappa shape index (κ3) is 3.41. The van der Waals surface area contributed by atoms with Crippen LogP contribution in [-0.4, -0.2) is 53.6 Å². The van der Waals surface area contributed by atoms with Crippen molar-refractivity contribution in [1.29, 1.82) is 0 Å². The summed E-state index contributed by atoms with van der Waals surface area (Å²) in [5.41, 5.74) is 0.806. The first kappa shape index (κ1) is 17.6. The number of carbonyl (C=O) groups is 1. The van der Waals surface area contributed by atoms with Gasteiger partial charge < -0.3 is 19.5 Å². The third-order valence-electron chi connectivity index (χ3n) is 5.33. The predicted molar refractivity (Wildman–Crippen MR) is 103 cm³/mol. The molecule has 0 unspecified atom stereocenters. The zero-order chi connectivity index (χ0) is 19.0. The normalized spacial score (nSPS) is 19.9. The zero-order valence-corrected chi connectivity index (χ0v) is 15.6. The van der Waals surface area contributed by atoms with Gasteiger partial charge in [0.1, 0.15) is 17.1 Å². The first-order valence-corrected chi connectivity index (χ1v) is 9.36. The SMILES string of the molecule is COc1ccccc1N1CCN(C(=O)c2cnc(C3CC3)[nH]c2=O)[C@@H](C)C1. The number of amides is 1. The molecule has 0 bridgehead atoms. The van der Waals surface area contributed by atoms with E-state index >= 15 is 0 Å². The molecule has 0 radical (unpaired) electrons. The number of piperazine rings is 1. The van der Waals surface area contributed by atoms with Gasteiger partial charge in [-0.15, -0.1) is 0 Å². The van der Waals surface area contributed by atoms with E-state index in [1.807, 2.05) is 31.2 Å². The average Bonchev–Trinajstić information content (AvgIpc) is 3.52. The summed E-state index contributed by atoms with van der Waals surface area (Å²) in [6.45, 7) is 3.90. The van der Waals surface area contributed by atoms with E-state index in [1.165, 1.54) is 6.20 Å². The third-order valence-corrected chi connectivity index (χ3v) is 5.33. The van der Waals surface area contributed by atoms with Crippen LogP contribution in [-0.2, 0) is 0 Å². The number of hydrogen-bond donors (Lipinski definition) is 1. The lowest BCUT2D eigenvalue weighted by molar-refractivity contribution is 0.0671. The Labute approximate surface area is 158 Å². The van der Waals surface area contributed by atoms with E-state index in [0.29, 0.717) is 31.4 Å². The maximum atomic E-state index is 12.9. The van der Waals surface area contributed by atoms with Crippen LogP contribution in [0.2, 0.25) is 0 Å². The molecule has 1 amide bonds. The number of H-pyrrole nitrogens is 1. The highest BCUT2D eigenvalue weighted by Gasteiger charge is 2.31. The summed E-state index contributed by atoms with van der Waals surface area (Å²) in [5, 5.41) is 0. The van der Waals surface area contributed by atoms with Crippen molar-refractivity contribution in [1.82, 2.24) is 14.9 Å². The Kier molecular flexibility index (Phi) is 4.59. The first-order valence-electron chi connectivity index (χ1n) is 9.36. The minimum Gasteiger partial charge on any atom is -0.495 e. The Bertz CT molecular complexity index is 906. The lowest BCUT2D eigenvalue weighted by Crippen LogP contribution is -2.54. The van der Waals surface area contributed by atoms with E-state index in [0.717, 1.165) is 24.3 Å². The zero-order valence-electron chi connectivity index (χ0n) is 15.6. The summed E-state index contributed by atoms with van der Waals surface area (Å²) in [6, 6.07) is 7.85. The lowest BCUT2D eigenvalue weighted by atomic mass is 10.1. The molecule has 7 heteroatoms. The first-order chi connectivity index (χ1) is 13.1. The van der Waals surface area contributed by atoms with Crippen molar-refractivity contribution < 1.29 is 9.53 Å². The van der Waals surface area contributed by atoms with Gasteiger partial charge in [0.15, 0.2) is 0 Å². The van der Waals surface area contributed by atoms with Crippen LogP contribution >= 0.6 is 0 Å². The molecule has 1 saturated carbocycles. The van der Waals surface area contributed by atoms with Crippen LogP contribution in [0.1, 0.15) is 41.9 Å². The largest absolute Gasteiger partial charge is 0.495 e. The molecule has 2 fully saturated rings. The summed E-state index contributed by atoms with van der Waals surface area (Å²) in [7, 11) is 1.66. The molecule has 7 nitrogen and oxygen atoms in total. The molecule has 1 aromatic heterocycles. The topological polar surface area (TPSA) is 78.5 Å². The van der Waals surface area contributed by atoms with E-state index in [2.05, 4.69) is 14.9 Å². The standard InChI is InChI=1S/C20H24N4O3/c1-13-12-23(16-5-3-4-6-17(16)27-2)9-10-24(13)20(26)15-11-21-18(14-7-8-14)22-19(15)25/h3-6,11,13-14H,7-10,12H2,1-2H3,(H,21,22,25)/t13-/m0/s1. The summed E-state index contributed by atoms with van der Waals surface area (Å²) >= 11 is 0. The van der Waals surface area contributed by atoms with Crippen molar-refractivity contribution in [2.75, 3.05) is 31.6 Å². The van der Waals surface area contributed by atoms with Gasteiger partial charge in [-0.05, 0) is 31.9 Å². The number of ether oxygens (including phenoxy) is 1. The molecule has 1 aromatic carbocycles.